The Morgan fingerprint density at radius 1 is 1.47 bits per heavy atom. The van der Waals surface area contributed by atoms with Gasteiger partial charge in [-0.25, -0.2) is 5.10 Å². The molecule has 1 aromatic carbocycles. The monoisotopic (exact) mass is 278 g/mol. The van der Waals surface area contributed by atoms with Crippen LogP contribution in [-0.2, 0) is 0 Å². The average Bonchev–Trinajstić information content (AvgIpc) is 2.81. The van der Waals surface area contributed by atoms with Gasteiger partial charge in [-0.15, -0.1) is 5.10 Å². The van der Waals surface area contributed by atoms with Crippen LogP contribution in [-0.4, -0.2) is 33.3 Å². The lowest BCUT2D eigenvalue weighted by Crippen LogP contribution is -2.04. The van der Waals surface area contributed by atoms with E-state index in [0.717, 1.165) is 0 Å². The third kappa shape index (κ3) is 3.72. The smallest absolute Gasteiger partial charge is 0.216 e. The largest absolute Gasteiger partial charge is 0.492 e. The number of aromatic amines is 1. The first-order valence-corrected chi connectivity index (χ1v) is 6.69. The van der Waals surface area contributed by atoms with Gasteiger partial charge >= 0.3 is 0 Å². The fraction of sp³-hybridized carbons (Fsp3) is 0.250. The number of para-hydroxylation sites is 1. The minimum absolute atomic E-state index is 0.00926. The third-order valence-electron chi connectivity index (χ3n) is 2.32. The molecule has 1 heterocycles. The molecule has 2 rings (SSSR count). The zero-order chi connectivity index (χ0) is 13.7. The van der Waals surface area contributed by atoms with Crippen molar-refractivity contribution in [1.82, 2.24) is 15.2 Å². The van der Waals surface area contributed by atoms with Crippen LogP contribution >= 0.6 is 11.8 Å². The number of nitrogens with two attached hydrogens (primary N) is 1. The first kappa shape index (κ1) is 13.4. The number of thioether (sulfide) groups is 1. The number of nitrogen functional groups attached to an aromatic ring is 1. The summed E-state index contributed by atoms with van der Waals surface area (Å²) in [4.78, 5) is 15.4. The van der Waals surface area contributed by atoms with Gasteiger partial charge in [0.25, 0.3) is 0 Å². The summed E-state index contributed by atoms with van der Waals surface area (Å²) >= 11 is 1.43. The minimum Gasteiger partial charge on any atom is -0.492 e. The van der Waals surface area contributed by atoms with Crippen molar-refractivity contribution in [3.8, 4) is 5.75 Å². The number of ether oxygens (including phenoxy) is 1. The molecular weight excluding hydrogens is 264 g/mol. The Morgan fingerprint density at radius 2 is 2.26 bits per heavy atom. The number of hydrogen-bond acceptors (Lipinski definition) is 6. The van der Waals surface area contributed by atoms with E-state index in [1.807, 2.05) is 12.1 Å². The highest BCUT2D eigenvalue weighted by molar-refractivity contribution is 7.99. The van der Waals surface area contributed by atoms with Crippen molar-refractivity contribution in [1.29, 1.82) is 0 Å². The van der Waals surface area contributed by atoms with E-state index in [1.54, 1.807) is 12.1 Å². The minimum atomic E-state index is -0.00926. The van der Waals surface area contributed by atoms with Gasteiger partial charge in [-0.05, 0) is 19.1 Å². The van der Waals surface area contributed by atoms with Crippen molar-refractivity contribution in [2.45, 2.75) is 12.1 Å². The quantitative estimate of drug-likeness (QED) is 0.475. The molecule has 0 fully saturated rings. The van der Waals surface area contributed by atoms with Crippen LogP contribution in [0.5, 0.6) is 5.75 Å². The van der Waals surface area contributed by atoms with E-state index in [1.165, 1.54) is 18.7 Å². The second-order valence-corrected chi connectivity index (χ2v) is 4.81. The standard InChI is InChI=1S/C12H14N4O2S/c1-8(17)9-4-2-3-5-10(9)18-6-7-19-12-14-11(13)15-16-12/h2-5H,6-7H2,1H3,(H3,13,14,15,16). The number of nitrogens with one attached hydrogen (secondary N) is 1. The Hall–Kier alpha value is -2.02. The number of carbonyl (C=O) groups is 1. The normalized spacial score (nSPS) is 10.4. The van der Waals surface area contributed by atoms with Crippen molar-refractivity contribution in [3.63, 3.8) is 0 Å². The second-order valence-electron chi connectivity index (χ2n) is 3.75. The summed E-state index contributed by atoms with van der Waals surface area (Å²) in [6.45, 7) is 1.98. The van der Waals surface area contributed by atoms with E-state index >= 15 is 0 Å². The Labute approximate surface area is 114 Å². The first-order chi connectivity index (χ1) is 9.16. The number of aromatic nitrogens is 3. The number of carbonyl (C=O) groups excluding carboxylic acids is 1. The summed E-state index contributed by atoms with van der Waals surface area (Å²) < 4.78 is 5.59. The van der Waals surface area contributed by atoms with E-state index in [0.29, 0.717) is 34.8 Å². The van der Waals surface area contributed by atoms with Crippen LogP contribution in [0.2, 0.25) is 0 Å². The highest BCUT2D eigenvalue weighted by Crippen LogP contribution is 2.19. The molecule has 0 aliphatic heterocycles. The maximum atomic E-state index is 11.4. The summed E-state index contributed by atoms with van der Waals surface area (Å²) in [5.41, 5.74) is 6.01. The Bertz CT molecular complexity index is 570. The fourth-order valence-electron chi connectivity index (χ4n) is 1.49. The molecule has 0 aliphatic carbocycles. The number of benzene rings is 1. The van der Waals surface area contributed by atoms with Crippen molar-refractivity contribution < 1.29 is 9.53 Å². The molecule has 0 amide bonds. The van der Waals surface area contributed by atoms with Gasteiger partial charge in [-0.2, -0.15) is 4.98 Å². The predicted octanol–water partition coefficient (Wildman–Crippen LogP) is 1.76. The van der Waals surface area contributed by atoms with Crippen molar-refractivity contribution in [3.05, 3.63) is 29.8 Å². The summed E-state index contributed by atoms with van der Waals surface area (Å²) in [5.74, 6) is 1.56. The van der Waals surface area contributed by atoms with Gasteiger partial charge in [-0.1, -0.05) is 23.9 Å². The van der Waals surface area contributed by atoms with Crippen LogP contribution in [0.25, 0.3) is 0 Å². The van der Waals surface area contributed by atoms with Gasteiger partial charge in [0, 0.05) is 5.75 Å². The fourth-order valence-corrected chi connectivity index (χ4v) is 2.11. The molecule has 0 saturated heterocycles. The lowest BCUT2D eigenvalue weighted by molar-refractivity contribution is 0.101. The number of H-pyrrole nitrogens is 1. The molecule has 1 aromatic heterocycles. The number of nitrogens with zero attached hydrogens (tertiary/aromatic N) is 2. The van der Waals surface area contributed by atoms with E-state index in [2.05, 4.69) is 15.2 Å². The van der Waals surface area contributed by atoms with Crippen LogP contribution in [0.1, 0.15) is 17.3 Å². The van der Waals surface area contributed by atoms with Gasteiger partial charge in [-0.3, -0.25) is 4.79 Å². The molecule has 0 spiro atoms. The molecule has 100 valence electrons. The number of anilines is 1. The molecule has 7 heteroatoms. The molecule has 0 saturated carbocycles. The average molecular weight is 278 g/mol. The van der Waals surface area contributed by atoms with Gasteiger partial charge < -0.3 is 10.5 Å². The third-order valence-corrected chi connectivity index (χ3v) is 3.13. The molecule has 6 nitrogen and oxygen atoms in total. The highest BCUT2D eigenvalue weighted by Gasteiger charge is 2.07. The lowest BCUT2D eigenvalue weighted by atomic mass is 10.1. The topological polar surface area (TPSA) is 93.9 Å². The molecular formula is C12H14N4O2S. The summed E-state index contributed by atoms with van der Waals surface area (Å²) in [5, 5.41) is 7.04. The van der Waals surface area contributed by atoms with Gasteiger partial charge in [0.05, 0.1) is 12.2 Å². The molecule has 0 bridgehead atoms. The van der Waals surface area contributed by atoms with E-state index in [4.69, 9.17) is 10.5 Å². The predicted molar refractivity (Wildman–Crippen MR) is 73.5 cm³/mol. The van der Waals surface area contributed by atoms with Crippen LogP contribution in [0.4, 0.5) is 5.95 Å². The van der Waals surface area contributed by atoms with Crippen molar-refractivity contribution >= 4 is 23.5 Å². The summed E-state index contributed by atoms with van der Waals surface area (Å²) in [6.07, 6.45) is 0. The van der Waals surface area contributed by atoms with Gasteiger partial charge in [0.1, 0.15) is 5.75 Å². The summed E-state index contributed by atoms with van der Waals surface area (Å²) in [7, 11) is 0. The van der Waals surface area contributed by atoms with Crippen molar-refractivity contribution in [2.24, 2.45) is 0 Å². The molecule has 3 N–H and O–H groups in total. The zero-order valence-corrected chi connectivity index (χ0v) is 11.2. The van der Waals surface area contributed by atoms with E-state index < -0.39 is 0 Å². The number of Topliss-reactive ketones (excluding diaryl/α,β-unsaturated/α-hetero) is 1. The van der Waals surface area contributed by atoms with Crippen LogP contribution in [0.15, 0.2) is 29.4 Å². The van der Waals surface area contributed by atoms with Crippen LogP contribution in [0, 0.1) is 0 Å². The number of hydrogen-bond donors (Lipinski definition) is 2. The molecule has 0 radical (unpaired) electrons. The first-order valence-electron chi connectivity index (χ1n) is 5.70. The van der Waals surface area contributed by atoms with Gasteiger partial charge in [0.15, 0.2) is 5.78 Å². The van der Waals surface area contributed by atoms with E-state index in [9.17, 15) is 4.79 Å². The van der Waals surface area contributed by atoms with Crippen LogP contribution in [0.3, 0.4) is 0 Å². The molecule has 0 unspecified atom stereocenters. The number of rotatable bonds is 6. The molecule has 0 aliphatic rings. The lowest BCUT2D eigenvalue weighted by Gasteiger charge is -2.08. The SMILES string of the molecule is CC(=O)c1ccccc1OCCSc1n[nH]c(N)n1. The second kappa shape index (κ2) is 6.24. The maximum absolute atomic E-state index is 11.4. The van der Waals surface area contributed by atoms with Gasteiger partial charge in [0.2, 0.25) is 11.1 Å². The maximum Gasteiger partial charge on any atom is 0.216 e. The highest BCUT2D eigenvalue weighted by atomic mass is 32.2. The van der Waals surface area contributed by atoms with E-state index in [-0.39, 0.29) is 5.78 Å². The summed E-state index contributed by atoms with van der Waals surface area (Å²) in [6, 6.07) is 7.19. The van der Waals surface area contributed by atoms with Crippen molar-refractivity contribution in [2.75, 3.05) is 18.1 Å². The Morgan fingerprint density at radius 3 is 2.95 bits per heavy atom. The molecule has 2 aromatic rings. The Kier molecular flexibility index (Phi) is 4.40. The molecule has 0 atom stereocenters. The zero-order valence-electron chi connectivity index (χ0n) is 10.4. The molecule has 19 heavy (non-hydrogen) atoms. The number of ketones is 1. The van der Waals surface area contributed by atoms with Crippen LogP contribution < -0.4 is 10.5 Å². The Balaban J connectivity index is 1.84.